The van der Waals surface area contributed by atoms with Crippen LogP contribution >= 0.6 is 0 Å². The third-order valence-electron chi connectivity index (χ3n) is 2.90. The number of aromatic carboxylic acids is 1. The summed E-state index contributed by atoms with van der Waals surface area (Å²) in [7, 11) is 0. The molecule has 2 amide bonds. The Balaban J connectivity index is 2.83. The molecular weight excluding hydrogens is 272 g/mol. The van der Waals surface area contributed by atoms with Crippen LogP contribution in [0.2, 0.25) is 0 Å². The van der Waals surface area contributed by atoms with Crippen molar-refractivity contribution in [1.29, 1.82) is 0 Å². The van der Waals surface area contributed by atoms with Crippen LogP contribution in [0.4, 0.5) is 10.5 Å². The van der Waals surface area contributed by atoms with Crippen molar-refractivity contribution in [3.63, 3.8) is 0 Å². The molecule has 0 aliphatic carbocycles. The van der Waals surface area contributed by atoms with E-state index in [0.717, 1.165) is 5.56 Å². The summed E-state index contributed by atoms with van der Waals surface area (Å²) in [6.07, 6.45) is 0. The topological polar surface area (TPSA) is 87.7 Å². The van der Waals surface area contributed by atoms with E-state index in [4.69, 9.17) is 4.74 Å². The molecule has 1 aromatic carbocycles. The number of urea groups is 1. The maximum absolute atomic E-state index is 11.9. The maximum atomic E-state index is 11.9. The fourth-order valence-corrected chi connectivity index (χ4v) is 2.01. The molecule has 0 aliphatic rings. The predicted octanol–water partition coefficient (Wildman–Crippen LogP) is 2.55. The summed E-state index contributed by atoms with van der Waals surface area (Å²) in [4.78, 5) is 23.2. The smallest absolute Gasteiger partial charge is 0.337 e. The molecule has 3 N–H and O–H groups in total. The van der Waals surface area contributed by atoms with E-state index < -0.39 is 12.0 Å². The number of rotatable bonds is 6. The summed E-state index contributed by atoms with van der Waals surface area (Å²) in [5.74, 6) is -1.07. The minimum atomic E-state index is -1.07. The highest BCUT2D eigenvalue weighted by atomic mass is 16.5. The Bertz CT molecular complexity index is 529. The molecule has 0 saturated carbocycles. The van der Waals surface area contributed by atoms with E-state index in [1.54, 1.807) is 6.92 Å². The average molecular weight is 294 g/mol. The Morgan fingerprint density at radius 3 is 2.57 bits per heavy atom. The van der Waals surface area contributed by atoms with Gasteiger partial charge >= 0.3 is 12.0 Å². The number of carbonyl (C=O) groups is 2. The molecule has 0 fully saturated rings. The molecule has 1 aromatic rings. The van der Waals surface area contributed by atoms with E-state index in [0.29, 0.717) is 24.5 Å². The number of carboxylic acid groups (broad SMARTS) is 1. The largest absolute Gasteiger partial charge is 0.478 e. The third-order valence-corrected chi connectivity index (χ3v) is 2.90. The SMILES string of the molecule is CCOCC(C)NC(=O)Nc1c(C)cc(C)cc1C(=O)O. The first-order valence-corrected chi connectivity index (χ1v) is 6.85. The van der Waals surface area contributed by atoms with Gasteiger partial charge in [0.25, 0.3) is 0 Å². The Labute approximate surface area is 124 Å². The van der Waals surface area contributed by atoms with Crippen LogP contribution in [0.25, 0.3) is 0 Å². The van der Waals surface area contributed by atoms with Crippen LogP contribution in [0.5, 0.6) is 0 Å². The lowest BCUT2D eigenvalue weighted by Crippen LogP contribution is -2.39. The summed E-state index contributed by atoms with van der Waals surface area (Å²) >= 11 is 0. The molecule has 0 heterocycles. The van der Waals surface area contributed by atoms with Crippen molar-refractivity contribution in [2.24, 2.45) is 0 Å². The highest BCUT2D eigenvalue weighted by Crippen LogP contribution is 2.22. The monoisotopic (exact) mass is 294 g/mol. The Morgan fingerprint density at radius 2 is 2.00 bits per heavy atom. The molecule has 0 saturated heterocycles. The summed E-state index contributed by atoms with van der Waals surface area (Å²) in [6.45, 7) is 8.25. The standard InChI is InChI=1S/C15H22N2O4/c1-5-21-8-11(4)16-15(20)17-13-10(3)6-9(2)7-12(13)14(18)19/h6-7,11H,5,8H2,1-4H3,(H,18,19)(H2,16,17,20). The Morgan fingerprint density at radius 1 is 1.33 bits per heavy atom. The fourth-order valence-electron chi connectivity index (χ4n) is 2.01. The van der Waals surface area contributed by atoms with Gasteiger partial charge in [0.05, 0.1) is 23.9 Å². The molecule has 1 atom stereocenters. The first-order valence-electron chi connectivity index (χ1n) is 6.85. The predicted molar refractivity (Wildman–Crippen MR) is 81.0 cm³/mol. The Kier molecular flexibility index (Phi) is 6.17. The van der Waals surface area contributed by atoms with Crippen molar-refractivity contribution in [2.45, 2.75) is 33.7 Å². The Hall–Kier alpha value is -2.08. The highest BCUT2D eigenvalue weighted by molar-refractivity contribution is 6.01. The molecule has 6 heteroatoms. The van der Waals surface area contributed by atoms with Crippen molar-refractivity contribution >= 4 is 17.7 Å². The van der Waals surface area contributed by atoms with Gasteiger partial charge in [-0.15, -0.1) is 0 Å². The summed E-state index contributed by atoms with van der Waals surface area (Å²) in [5.41, 5.74) is 1.94. The first-order chi connectivity index (χ1) is 9.85. The van der Waals surface area contributed by atoms with Gasteiger partial charge in [0.15, 0.2) is 0 Å². The third kappa shape index (κ3) is 5.07. The van der Waals surface area contributed by atoms with E-state index in [-0.39, 0.29) is 11.6 Å². The number of aryl methyl sites for hydroxylation is 2. The van der Waals surface area contributed by atoms with Crippen molar-refractivity contribution in [3.05, 3.63) is 28.8 Å². The molecule has 0 aliphatic heterocycles. The number of ether oxygens (including phenoxy) is 1. The molecule has 1 rings (SSSR count). The second-order valence-corrected chi connectivity index (χ2v) is 4.97. The molecular formula is C15H22N2O4. The first kappa shape index (κ1) is 17.0. The van der Waals surface area contributed by atoms with Crippen LogP contribution < -0.4 is 10.6 Å². The number of carbonyl (C=O) groups excluding carboxylic acids is 1. The van der Waals surface area contributed by atoms with Gasteiger partial charge < -0.3 is 20.5 Å². The number of hydrogen-bond donors (Lipinski definition) is 3. The molecule has 0 radical (unpaired) electrons. The number of amides is 2. The highest BCUT2D eigenvalue weighted by Gasteiger charge is 2.16. The van der Waals surface area contributed by atoms with Crippen LogP contribution in [0, 0.1) is 13.8 Å². The molecule has 21 heavy (non-hydrogen) atoms. The quantitative estimate of drug-likeness (QED) is 0.752. The number of benzene rings is 1. The summed E-state index contributed by atoms with van der Waals surface area (Å²) in [6, 6.07) is 2.75. The summed E-state index contributed by atoms with van der Waals surface area (Å²) in [5, 5.41) is 14.5. The maximum Gasteiger partial charge on any atom is 0.337 e. The minimum absolute atomic E-state index is 0.0834. The van der Waals surface area contributed by atoms with Crippen molar-refractivity contribution in [1.82, 2.24) is 5.32 Å². The fraction of sp³-hybridized carbons (Fsp3) is 0.467. The van der Waals surface area contributed by atoms with Crippen LogP contribution in [-0.2, 0) is 4.74 Å². The number of nitrogens with one attached hydrogen (secondary N) is 2. The lowest BCUT2D eigenvalue weighted by atomic mass is 10.0. The molecule has 0 bridgehead atoms. The number of carboxylic acids is 1. The summed E-state index contributed by atoms with van der Waals surface area (Å²) < 4.78 is 5.21. The van der Waals surface area contributed by atoms with E-state index in [2.05, 4.69) is 10.6 Å². The van der Waals surface area contributed by atoms with E-state index in [1.807, 2.05) is 26.8 Å². The van der Waals surface area contributed by atoms with E-state index in [9.17, 15) is 14.7 Å². The molecule has 116 valence electrons. The van der Waals surface area contributed by atoms with Gasteiger partial charge in [-0.3, -0.25) is 0 Å². The van der Waals surface area contributed by atoms with Crippen LogP contribution in [-0.4, -0.2) is 36.4 Å². The van der Waals surface area contributed by atoms with Gasteiger partial charge in [-0.25, -0.2) is 9.59 Å². The van der Waals surface area contributed by atoms with Crippen molar-refractivity contribution in [2.75, 3.05) is 18.5 Å². The van der Waals surface area contributed by atoms with Gasteiger partial charge in [-0.1, -0.05) is 6.07 Å². The number of hydrogen-bond acceptors (Lipinski definition) is 3. The van der Waals surface area contributed by atoms with Gasteiger partial charge in [0.1, 0.15) is 0 Å². The molecule has 6 nitrogen and oxygen atoms in total. The van der Waals surface area contributed by atoms with Gasteiger partial charge in [0, 0.05) is 6.61 Å². The van der Waals surface area contributed by atoms with Crippen LogP contribution in [0.3, 0.4) is 0 Å². The zero-order valence-electron chi connectivity index (χ0n) is 12.8. The second-order valence-electron chi connectivity index (χ2n) is 4.97. The van der Waals surface area contributed by atoms with E-state index >= 15 is 0 Å². The van der Waals surface area contributed by atoms with Gasteiger partial charge in [-0.2, -0.15) is 0 Å². The van der Waals surface area contributed by atoms with E-state index in [1.165, 1.54) is 6.07 Å². The van der Waals surface area contributed by atoms with Crippen LogP contribution in [0.15, 0.2) is 12.1 Å². The molecule has 0 spiro atoms. The zero-order chi connectivity index (χ0) is 16.0. The minimum Gasteiger partial charge on any atom is -0.478 e. The normalized spacial score (nSPS) is 11.8. The lowest BCUT2D eigenvalue weighted by Gasteiger charge is -2.17. The van der Waals surface area contributed by atoms with Gasteiger partial charge in [0.2, 0.25) is 0 Å². The van der Waals surface area contributed by atoms with Crippen LogP contribution in [0.1, 0.15) is 35.3 Å². The molecule has 0 aromatic heterocycles. The average Bonchev–Trinajstić information content (AvgIpc) is 2.38. The zero-order valence-corrected chi connectivity index (χ0v) is 12.8. The second kappa shape index (κ2) is 7.64. The van der Waals surface area contributed by atoms with Gasteiger partial charge in [-0.05, 0) is 44.9 Å². The number of anilines is 1. The van der Waals surface area contributed by atoms with Crippen molar-refractivity contribution in [3.8, 4) is 0 Å². The molecule has 1 unspecified atom stereocenters. The lowest BCUT2D eigenvalue weighted by molar-refractivity contribution is 0.0698. The van der Waals surface area contributed by atoms with Crippen molar-refractivity contribution < 1.29 is 19.4 Å².